The van der Waals surface area contributed by atoms with E-state index in [1.165, 1.54) is 11.1 Å². The maximum absolute atomic E-state index is 11.8. The van der Waals surface area contributed by atoms with E-state index in [2.05, 4.69) is 36.4 Å². The molecule has 0 saturated heterocycles. The van der Waals surface area contributed by atoms with Crippen LogP contribution in [0.2, 0.25) is 0 Å². The second-order valence-electron chi connectivity index (χ2n) is 6.44. The molecule has 1 aromatic carbocycles. The smallest absolute Gasteiger partial charge is 0.373 e. The molecule has 2 rings (SSSR count). The fourth-order valence-electron chi connectivity index (χ4n) is 2.07. The molecule has 0 aliphatic rings. The van der Waals surface area contributed by atoms with Gasteiger partial charge < -0.3 is 4.74 Å². The van der Waals surface area contributed by atoms with Crippen molar-refractivity contribution in [3.8, 4) is 0 Å². The van der Waals surface area contributed by atoms with Crippen molar-refractivity contribution in [2.45, 2.75) is 44.4 Å². The molecule has 1 heterocycles. The highest BCUT2D eigenvalue weighted by molar-refractivity contribution is 7.97. The van der Waals surface area contributed by atoms with Crippen molar-refractivity contribution in [2.75, 3.05) is 0 Å². The van der Waals surface area contributed by atoms with Crippen molar-refractivity contribution in [3.63, 3.8) is 0 Å². The summed E-state index contributed by atoms with van der Waals surface area (Å²) >= 11 is 1.89. The monoisotopic (exact) mass is 330 g/mol. The molecule has 0 saturated carbocycles. The first kappa shape index (κ1) is 17.5. The summed E-state index contributed by atoms with van der Waals surface area (Å²) in [6, 6.07) is 14.6. The van der Waals surface area contributed by atoms with Gasteiger partial charge in [0.25, 0.3) is 0 Å². The molecule has 4 heteroatoms. The second-order valence-corrected chi connectivity index (χ2v) is 7.43. The third-order valence-electron chi connectivity index (χ3n) is 3.07. The number of rotatable bonds is 6. The van der Waals surface area contributed by atoms with Gasteiger partial charge in [-0.15, -0.1) is 0 Å². The van der Waals surface area contributed by atoms with Crippen molar-refractivity contribution in [2.24, 2.45) is 0 Å². The minimum absolute atomic E-state index is 0.214. The average molecular weight is 330 g/mol. The lowest BCUT2D eigenvalue weighted by Crippen LogP contribution is -2.40. The van der Waals surface area contributed by atoms with Crippen LogP contribution in [-0.4, -0.2) is 11.6 Å². The van der Waals surface area contributed by atoms with Crippen molar-refractivity contribution < 1.29 is 14.1 Å². The Labute approximate surface area is 142 Å². The van der Waals surface area contributed by atoms with Crippen LogP contribution >= 0.6 is 11.8 Å². The lowest BCUT2D eigenvalue weighted by atomic mass is 10.2. The van der Waals surface area contributed by atoms with Crippen LogP contribution in [0.5, 0.6) is 0 Å². The summed E-state index contributed by atoms with van der Waals surface area (Å²) in [6.45, 7) is 5.88. The molecule has 0 unspecified atom stereocenters. The van der Waals surface area contributed by atoms with Gasteiger partial charge in [-0.25, -0.2) is 4.79 Å². The van der Waals surface area contributed by atoms with Crippen LogP contribution < -0.4 is 4.57 Å². The van der Waals surface area contributed by atoms with Crippen molar-refractivity contribution in [1.29, 1.82) is 0 Å². The number of carbonyl (C=O) groups is 1. The number of benzene rings is 1. The molecular weight excluding hydrogens is 306 g/mol. The van der Waals surface area contributed by atoms with Gasteiger partial charge in [-0.1, -0.05) is 30.3 Å². The second kappa shape index (κ2) is 8.16. The van der Waals surface area contributed by atoms with Gasteiger partial charge >= 0.3 is 5.97 Å². The number of nitrogens with zero attached hydrogens (tertiary/aromatic N) is 1. The van der Waals surface area contributed by atoms with Gasteiger partial charge in [-0.05, 0) is 31.9 Å². The number of esters is 1. The Morgan fingerprint density at radius 3 is 2.13 bits per heavy atom. The Balaban J connectivity index is 1.79. The standard InChI is InChI=1S/C19H24NO2S/c1-19(2,3)22-18(21)13-20-11-9-17(10-12-20)15-23-14-16-7-5-4-6-8-16/h4-12H,13-15H2,1-3H3/q+1. The number of hydrogen-bond acceptors (Lipinski definition) is 3. The summed E-state index contributed by atoms with van der Waals surface area (Å²) in [5.74, 6) is 1.75. The number of thioether (sulfide) groups is 1. The quantitative estimate of drug-likeness (QED) is 0.597. The Morgan fingerprint density at radius 2 is 1.57 bits per heavy atom. The lowest BCUT2D eigenvalue weighted by Gasteiger charge is -2.18. The molecule has 3 nitrogen and oxygen atoms in total. The van der Waals surface area contributed by atoms with E-state index in [1.54, 1.807) is 0 Å². The Bertz CT molecular complexity index is 618. The van der Waals surface area contributed by atoms with Crippen LogP contribution in [0.3, 0.4) is 0 Å². The molecule has 122 valence electrons. The predicted molar refractivity (Wildman–Crippen MR) is 93.9 cm³/mol. The van der Waals surface area contributed by atoms with Crippen molar-refractivity contribution in [1.82, 2.24) is 0 Å². The van der Waals surface area contributed by atoms with E-state index < -0.39 is 5.60 Å². The predicted octanol–water partition coefficient (Wildman–Crippen LogP) is 3.75. The van der Waals surface area contributed by atoms with Crippen LogP contribution in [0.15, 0.2) is 54.9 Å². The summed E-state index contributed by atoms with van der Waals surface area (Å²) < 4.78 is 7.17. The zero-order chi connectivity index (χ0) is 16.7. The van der Waals surface area contributed by atoms with Crippen LogP contribution in [0.1, 0.15) is 31.9 Å². The van der Waals surface area contributed by atoms with E-state index in [-0.39, 0.29) is 12.5 Å². The highest BCUT2D eigenvalue weighted by Gasteiger charge is 2.19. The van der Waals surface area contributed by atoms with Gasteiger partial charge in [0.1, 0.15) is 5.60 Å². The minimum Gasteiger partial charge on any atom is -0.455 e. The van der Waals surface area contributed by atoms with Crippen molar-refractivity contribution >= 4 is 17.7 Å². The summed E-state index contributed by atoms with van der Waals surface area (Å²) in [6.07, 6.45) is 3.87. The van der Waals surface area contributed by atoms with Crippen LogP contribution in [-0.2, 0) is 27.6 Å². The molecule has 0 aliphatic carbocycles. The largest absolute Gasteiger partial charge is 0.455 e. The summed E-state index contributed by atoms with van der Waals surface area (Å²) in [4.78, 5) is 11.8. The topological polar surface area (TPSA) is 30.2 Å². The van der Waals surface area contributed by atoms with Crippen LogP contribution in [0, 0.1) is 0 Å². The van der Waals surface area contributed by atoms with Gasteiger partial charge in [-0.2, -0.15) is 16.3 Å². The summed E-state index contributed by atoms with van der Waals surface area (Å²) in [5.41, 5.74) is 2.16. The zero-order valence-electron chi connectivity index (χ0n) is 14.0. The van der Waals surface area contributed by atoms with Crippen molar-refractivity contribution in [3.05, 3.63) is 66.0 Å². The Kier molecular flexibility index (Phi) is 6.22. The number of carbonyl (C=O) groups excluding carboxylic acids is 1. The van der Waals surface area contributed by atoms with Gasteiger partial charge in [0.2, 0.25) is 6.54 Å². The maximum Gasteiger partial charge on any atom is 0.373 e. The zero-order valence-corrected chi connectivity index (χ0v) is 14.8. The number of pyridine rings is 1. The normalized spacial score (nSPS) is 11.3. The lowest BCUT2D eigenvalue weighted by molar-refractivity contribution is -0.686. The first-order valence-electron chi connectivity index (χ1n) is 7.74. The van der Waals surface area contributed by atoms with Gasteiger partial charge in [0, 0.05) is 23.6 Å². The highest BCUT2D eigenvalue weighted by atomic mass is 32.2. The third-order valence-corrected chi connectivity index (χ3v) is 4.15. The molecule has 0 fully saturated rings. The van der Waals surface area contributed by atoms with E-state index in [9.17, 15) is 4.79 Å². The summed E-state index contributed by atoms with van der Waals surface area (Å²) in [7, 11) is 0. The van der Waals surface area contributed by atoms with Gasteiger partial charge in [0.05, 0.1) is 0 Å². The molecule has 1 aromatic heterocycles. The van der Waals surface area contributed by atoms with E-state index in [0.29, 0.717) is 0 Å². The molecule has 0 aliphatic heterocycles. The van der Waals surface area contributed by atoms with Gasteiger partial charge in [-0.3, -0.25) is 0 Å². The first-order chi connectivity index (χ1) is 10.9. The number of ether oxygens (including phenoxy) is 1. The minimum atomic E-state index is -0.439. The third kappa shape index (κ3) is 6.87. The molecule has 0 bridgehead atoms. The summed E-state index contributed by atoms with van der Waals surface area (Å²) in [5, 5.41) is 0. The highest BCUT2D eigenvalue weighted by Crippen LogP contribution is 2.16. The van der Waals surface area contributed by atoms with Crippen LogP contribution in [0.25, 0.3) is 0 Å². The maximum atomic E-state index is 11.8. The van der Waals surface area contributed by atoms with Gasteiger partial charge in [0.15, 0.2) is 12.4 Å². The number of hydrogen-bond donors (Lipinski definition) is 0. The fourth-order valence-corrected chi connectivity index (χ4v) is 3.03. The van der Waals surface area contributed by atoms with E-state index in [0.717, 1.165) is 11.5 Å². The Hall–Kier alpha value is -1.81. The molecule has 0 spiro atoms. The fraction of sp³-hybridized carbons (Fsp3) is 0.368. The average Bonchev–Trinajstić information content (AvgIpc) is 2.48. The molecule has 2 aromatic rings. The Morgan fingerprint density at radius 1 is 1.00 bits per heavy atom. The SMILES string of the molecule is CC(C)(C)OC(=O)C[n+]1ccc(CSCc2ccccc2)cc1. The van der Waals surface area contributed by atoms with E-state index in [4.69, 9.17) is 4.74 Å². The molecule has 23 heavy (non-hydrogen) atoms. The van der Waals surface area contributed by atoms with E-state index in [1.807, 2.05) is 55.6 Å². The molecular formula is C19H24NO2S+. The molecule has 0 N–H and O–H groups in total. The molecule has 0 atom stereocenters. The molecule has 0 radical (unpaired) electrons. The molecule has 0 amide bonds. The van der Waals surface area contributed by atoms with Crippen LogP contribution in [0.4, 0.5) is 0 Å². The number of aromatic nitrogens is 1. The first-order valence-corrected chi connectivity index (χ1v) is 8.89. The van der Waals surface area contributed by atoms with E-state index >= 15 is 0 Å².